The number of aliphatic hydroxyl groups is 1. The Morgan fingerprint density at radius 2 is 1.70 bits per heavy atom. The summed E-state index contributed by atoms with van der Waals surface area (Å²) in [5, 5.41) is 12.0. The summed E-state index contributed by atoms with van der Waals surface area (Å²) in [5.41, 5.74) is 4.61. The maximum Gasteiger partial charge on any atom is 0.227 e. The van der Waals surface area contributed by atoms with Crippen LogP contribution in [-0.4, -0.2) is 43.4 Å². The van der Waals surface area contributed by atoms with Crippen molar-refractivity contribution in [3.8, 4) is 16.9 Å². The Labute approximate surface area is 196 Å². The van der Waals surface area contributed by atoms with Crippen LogP contribution in [0.1, 0.15) is 37.4 Å². The van der Waals surface area contributed by atoms with E-state index in [9.17, 15) is 13.2 Å². The van der Waals surface area contributed by atoms with Gasteiger partial charge in [0.15, 0.2) is 9.84 Å². The number of nitrogens with zero attached hydrogens (tertiary/aromatic N) is 1. The van der Waals surface area contributed by atoms with Crippen molar-refractivity contribution in [3.05, 3.63) is 71.9 Å². The predicted molar refractivity (Wildman–Crippen MR) is 131 cm³/mol. The van der Waals surface area contributed by atoms with Crippen LogP contribution in [0.25, 0.3) is 16.9 Å². The number of carbonyl (C=O) groups excluding carboxylic acids is 1. The van der Waals surface area contributed by atoms with Crippen LogP contribution in [0.3, 0.4) is 0 Å². The maximum atomic E-state index is 13.1. The molecule has 0 aliphatic carbocycles. The molecule has 2 N–H and O–H groups in total. The standard InChI is InChI=1S/C26H32N2O4S/c1-18(2)25(26(30)27-15-8-16-29)23-17-24(20-11-13-22(14-12-20)33(4,31)32)28(19(23)3)21-9-6-5-7-10-21/h5-7,9-14,17-18,25,29H,8,15-16H2,1-4H3,(H,27,30). The highest BCUT2D eigenvalue weighted by Gasteiger charge is 2.29. The molecule has 1 aromatic heterocycles. The summed E-state index contributed by atoms with van der Waals surface area (Å²) in [6.07, 6.45) is 1.71. The van der Waals surface area contributed by atoms with E-state index in [0.717, 1.165) is 28.2 Å². The number of sulfone groups is 1. The molecule has 0 aliphatic heterocycles. The Bertz CT molecular complexity index is 1200. The minimum absolute atomic E-state index is 0.0314. The van der Waals surface area contributed by atoms with Gasteiger partial charge in [-0.15, -0.1) is 0 Å². The van der Waals surface area contributed by atoms with Crippen LogP contribution in [0.15, 0.2) is 65.6 Å². The molecule has 6 nitrogen and oxygen atoms in total. The number of rotatable bonds is 9. The van der Waals surface area contributed by atoms with Crippen molar-refractivity contribution < 1.29 is 18.3 Å². The minimum atomic E-state index is -3.29. The van der Waals surface area contributed by atoms with E-state index in [1.807, 2.05) is 57.2 Å². The number of amides is 1. The molecule has 1 atom stereocenters. The second kappa shape index (κ2) is 10.4. The highest BCUT2D eigenvalue weighted by molar-refractivity contribution is 7.90. The summed E-state index contributed by atoms with van der Waals surface area (Å²) in [6.45, 7) is 6.51. The van der Waals surface area contributed by atoms with Gasteiger partial charge in [-0.05, 0) is 60.7 Å². The lowest BCUT2D eigenvalue weighted by Crippen LogP contribution is -2.33. The molecule has 3 aromatic rings. The quantitative estimate of drug-likeness (QED) is 0.463. The van der Waals surface area contributed by atoms with E-state index >= 15 is 0 Å². The molecule has 1 unspecified atom stereocenters. The van der Waals surface area contributed by atoms with Gasteiger partial charge in [0, 0.05) is 30.8 Å². The van der Waals surface area contributed by atoms with E-state index < -0.39 is 9.84 Å². The van der Waals surface area contributed by atoms with E-state index in [0.29, 0.717) is 13.0 Å². The van der Waals surface area contributed by atoms with E-state index in [4.69, 9.17) is 5.11 Å². The minimum Gasteiger partial charge on any atom is -0.396 e. The Morgan fingerprint density at radius 3 is 2.24 bits per heavy atom. The van der Waals surface area contributed by atoms with Gasteiger partial charge in [-0.3, -0.25) is 4.79 Å². The highest BCUT2D eigenvalue weighted by atomic mass is 32.2. The average Bonchev–Trinajstić information content (AvgIpc) is 3.10. The van der Waals surface area contributed by atoms with Crippen molar-refractivity contribution in [1.29, 1.82) is 0 Å². The molecular formula is C26H32N2O4S. The van der Waals surface area contributed by atoms with Crippen molar-refractivity contribution in [2.75, 3.05) is 19.4 Å². The molecule has 0 fully saturated rings. The molecule has 0 saturated carbocycles. The van der Waals surface area contributed by atoms with Crippen molar-refractivity contribution in [1.82, 2.24) is 9.88 Å². The van der Waals surface area contributed by atoms with Crippen molar-refractivity contribution in [2.24, 2.45) is 5.92 Å². The lowest BCUT2D eigenvalue weighted by atomic mass is 9.87. The molecule has 7 heteroatoms. The number of aromatic nitrogens is 1. The zero-order chi connectivity index (χ0) is 24.2. The largest absolute Gasteiger partial charge is 0.396 e. The van der Waals surface area contributed by atoms with Gasteiger partial charge in [-0.1, -0.05) is 44.2 Å². The fourth-order valence-corrected chi connectivity index (χ4v) is 4.77. The lowest BCUT2D eigenvalue weighted by Gasteiger charge is -2.21. The third kappa shape index (κ3) is 5.54. The van der Waals surface area contributed by atoms with E-state index in [-0.39, 0.29) is 29.2 Å². The predicted octanol–water partition coefficient (Wildman–Crippen LogP) is 4.09. The molecule has 3 rings (SSSR count). The SMILES string of the molecule is Cc1c(C(C(=O)NCCCO)C(C)C)cc(-c2ccc(S(C)(=O)=O)cc2)n1-c1ccccc1. The molecule has 2 aromatic carbocycles. The summed E-state index contributed by atoms with van der Waals surface area (Å²) < 4.78 is 25.9. The second-order valence-corrected chi connectivity index (χ2v) is 10.6. The van der Waals surface area contributed by atoms with Crippen LogP contribution in [0.4, 0.5) is 0 Å². The van der Waals surface area contributed by atoms with E-state index in [1.165, 1.54) is 6.26 Å². The Kier molecular flexibility index (Phi) is 7.76. The number of benzene rings is 2. The molecule has 0 spiro atoms. The van der Waals surface area contributed by atoms with E-state index in [1.54, 1.807) is 24.3 Å². The van der Waals surface area contributed by atoms with Gasteiger partial charge in [-0.2, -0.15) is 0 Å². The fraction of sp³-hybridized carbons (Fsp3) is 0.346. The number of hydrogen-bond acceptors (Lipinski definition) is 4. The number of para-hydroxylation sites is 1. The smallest absolute Gasteiger partial charge is 0.227 e. The average molecular weight is 469 g/mol. The molecule has 176 valence electrons. The summed E-state index contributed by atoms with van der Waals surface area (Å²) >= 11 is 0. The maximum absolute atomic E-state index is 13.1. The fourth-order valence-electron chi connectivity index (χ4n) is 4.14. The van der Waals surface area contributed by atoms with Gasteiger partial charge in [0.05, 0.1) is 16.5 Å². The number of aliphatic hydroxyl groups excluding tert-OH is 1. The van der Waals surface area contributed by atoms with Crippen LogP contribution < -0.4 is 5.32 Å². The topological polar surface area (TPSA) is 88.4 Å². The summed E-state index contributed by atoms with van der Waals surface area (Å²) in [5.74, 6) is -0.363. The molecule has 33 heavy (non-hydrogen) atoms. The molecule has 1 amide bonds. The Morgan fingerprint density at radius 1 is 1.06 bits per heavy atom. The van der Waals surface area contributed by atoms with Gasteiger partial charge >= 0.3 is 0 Å². The monoisotopic (exact) mass is 468 g/mol. The molecule has 0 aliphatic rings. The van der Waals surface area contributed by atoms with Gasteiger partial charge in [0.1, 0.15) is 0 Å². The van der Waals surface area contributed by atoms with Crippen molar-refractivity contribution in [3.63, 3.8) is 0 Å². The number of nitrogens with one attached hydrogen (secondary N) is 1. The van der Waals surface area contributed by atoms with Crippen molar-refractivity contribution >= 4 is 15.7 Å². The molecular weight excluding hydrogens is 436 g/mol. The van der Waals surface area contributed by atoms with Crippen LogP contribution in [0, 0.1) is 12.8 Å². The number of carbonyl (C=O) groups is 1. The van der Waals surface area contributed by atoms with Gasteiger partial charge < -0.3 is 15.0 Å². The number of hydrogen-bond donors (Lipinski definition) is 2. The van der Waals surface area contributed by atoms with Gasteiger partial charge in [-0.25, -0.2) is 8.42 Å². The van der Waals surface area contributed by atoms with Crippen LogP contribution in [0.2, 0.25) is 0 Å². The Hall–Kier alpha value is -2.90. The molecule has 0 bridgehead atoms. The first-order valence-electron chi connectivity index (χ1n) is 11.1. The first-order valence-corrected chi connectivity index (χ1v) is 13.0. The van der Waals surface area contributed by atoms with Crippen LogP contribution >= 0.6 is 0 Å². The van der Waals surface area contributed by atoms with Crippen LogP contribution in [-0.2, 0) is 14.6 Å². The lowest BCUT2D eigenvalue weighted by molar-refractivity contribution is -0.123. The first-order chi connectivity index (χ1) is 15.6. The third-order valence-corrected chi connectivity index (χ3v) is 6.93. The normalized spacial score (nSPS) is 12.7. The zero-order valence-electron chi connectivity index (χ0n) is 19.6. The second-order valence-electron chi connectivity index (χ2n) is 8.63. The molecule has 1 heterocycles. The van der Waals surface area contributed by atoms with Crippen LogP contribution in [0.5, 0.6) is 0 Å². The first kappa shape index (κ1) is 24.7. The highest BCUT2D eigenvalue weighted by Crippen LogP contribution is 2.36. The zero-order valence-corrected chi connectivity index (χ0v) is 20.4. The third-order valence-electron chi connectivity index (χ3n) is 5.80. The van der Waals surface area contributed by atoms with Crippen molar-refractivity contribution in [2.45, 2.75) is 38.0 Å². The van der Waals surface area contributed by atoms with Gasteiger partial charge in [0.25, 0.3) is 0 Å². The summed E-state index contributed by atoms with van der Waals surface area (Å²) in [7, 11) is -3.29. The Balaban J connectivity index is 2.15. The van der Waals surface area contributed by atoms with Gasteiger partial charge in [0.2, 0.25) is 5.91 Å². The van der Waals surface area contributed by atoms with E-state index in [2.05, 4.69) is 9.88 Å². The summed E-state index contributed by atoms with van der Waals surface area (Å²) in [6, 6.07) is 18.8. The summed E-state index contributed by atoms with van der Waals surface area (Å²) in [4.78, 5) is 13.4. The molecule has 0 saturated heterocycles. The molecule has 0 radical (unpaired) electrons.